The average molecular weight is 1190 g/mol. The lowest BCUT2D eigenvalue weighted by Gasteiger charge is -2.26. The van der Waals surface area contributed by atoms with Crippen LogP contribution in [0.4, 0.5) is 0 Å². The van der Waals surface area contributed by atoms with Gasteiger partial charge in [-0.15, -0.1) is 0 Å². The minimum absolute atomic E-state index is 0.149. The van der Waals surface area contributed by atoms with Gasteiger partial charge in [0, 0.05) is 12.8 Å². The molecule has 84 heavy (non-hydrogen) atoms. The normalized spacial score (nSPS) is 12.7. The molecule has 2 atom stereocenters. The van der Waals surface area contributed by atoms with E-state index in [2.05, 4.69) is 38.2 Å². The summed E-state index contributed by atoms with van der Waals surface area (Å²) in [6.07, 6.45) is 80.1. The third-order valence-corrected chi connectivity index (χ3v) is 17.0. The van der Waals surface area contributed by atoms with Gasteiger partial charge in [0.1, 0.15) is 13.2 Å². The number of hydrogen-bond acceptors (Lipinski definition) is 8. The molecule has 0 aromatic rings. The number of allylic oxidation sites excluding steroid dienone is 4. The topological polar surface area (TPSA) is 111 Å². The number of unbranched alkanes of at least 4 members (excludes halogenated alkanes) is 51. The van der Waals surface area contributed by atoms with Gasteiger partial charge in [-0.1, -0.05) is 346 Å². The smallest absolute Gasteiger partial charge is 0.306 e. The highest BCUT2D eigenvalue weighted by molar-refractivity contribution is 5.70. The first-order valence-corrected chi connectivity index (χ1v) is 37.0. The van der Waals surface area contributed by atoms with Crippen molar-refractivity contribution in [3.63, 3.8) is 0 Å². The molecule has 0 N–H and O–H groups in total. The molecule has 0 rings (SSSR count). The number of carbonyl (C=O) groups is 3. The van der Waals surface area contributed by atoms with Crippen LogP contribution in [0.2, 0.25) is 0 Å². The van der Waals surface area contributed by atoms with Crippen molar-refractivity contribution in [2.24, 2.45) is 0 Å². The summed E-state index contributed by atoms with van der Waals surface area (Å²) in [5.41, 5.74) is 0. The standard InChI is InChI=1S/C75H143NO8/c1-6-8-10-12-14-16-18-20-22-24-26-28-29-30-31-32-33-34-35-36-37-38-39-40-41-42-43-44-46-47-49-51-53-55-57-59-61-63-65-72(77)82-69-71(70-83-75(74(79)80)81-68-67-76(3,4)5)84-73(78)66-64-62-60-58-56-54-52-50-48-45-27-25-23-21-19-17-15-13-11-9-7-2/h19,21,25,27,71,75H,6-18,20,22-24,26,28-70H2,1-5H3/b21-19-,27-25-. The van der Waals surface area contributed by atoms with Crippen molar-refractivity contribution >= 4 is 17.9 Å². The fourth-order valence-corrected chi connectivity index (χ4v) is 11.3. The maximum Gasteiger partial charge on any atom is 0.306 e. The summed E-state index contributed by atoms with van der Waals surface area (Å²) in [7, 11) is 5.94. The quantitative estimate of drug-likeness (QED) is 0.0195. The molecule has 0 heterocycles. The van der Waals surface area contributed by atoms with Gasteiger partial charge in [0.05, 0.1) is 40.3 Å². The minimum Gasteiger partial charge on any atom is -0.545 e. The fourth-order valence-electron chi connectivity index (χ4n) is 11.3. The van der Waals surface area contributed by atoms with Gasteiger partial charge in [-0.25, -0.2) is 0 Å². The van der Waals surface area contributed by atoms with Gasteiger partial charge < -0.3 is 33.3 Å². The molecule has 496 valence electrons. The number of rotatable bonds is 70. The van der Waals surface area contributed by atoms with Crippen molar-refractivity contribution in [3.8, 4) is 0 Å². The Morgan fingerprint density at radius 3 is 0.940 bits per heavy atom. The summed E-state index contributed by atoms with van der Waals surface area (Å²) in [5, 5.41) is 11.8. The second-order valence-corrected chi connectivity index (χ2v) is 26.6. The van der Waals surface area contributed by atoms with Gasteiger partial charge in [0.25, 0.3) is 0 Å². The summed E-state index contributed by atoms with van der Waals surface area (Å²) >= 11 is 0. The molecule has 0 aromatic carbocycles. The van der Waals surface area contributed by atoms with Crippen LogP contribution in [-0.2, 0) is 33.3 Å². The molecule has 0 saturated heterocycles. The van der Waals surface area contributed by atoms with Crippen LogP contribution >= 0.6 is 0 Å². The number of carboxylic acid groups (broad SMARTS) is 1. The number of carboxylic acids is 1. The minimum atomic E-state index is -1.62. The number of likely N-dealkylation sites (N-methyl/N-ethyl adjacent to an activating group) is 1. The summed E-state index contributed by atoms with van der Waals surface area (Å²) in [5.74, 6) is -2.26. The molecular formula is C75H143NO8. The monoisotopic (exact) mass is 1190 g/mol. The van der Waals surface area contributed by atoms with Gasteiger partial charge in [-0.3, -0.25) is 9.59 Å². The Hall–Kier alpha value is -2.23. The SMILES string of the molecule is CCCCCCC/C=C\C/C=C\CCCCCCCCCCCC(=O)OC(COC(=O)CCCCCCCCCCCCCCCCCCCCCCCCCCCCCCCCCCCCCCCC)COC(OCC[N+](C)(C)C)C(=O)[O-]. The zero-order valence-electron chi connectivity index (χ0n) is 56.8. The third-order valence-electron chi connectivity index (χ3n) is 17.0. The Morgan fingerprint density at radius 1 is 0.357 bits per heavy atom. The van der Waals surface area contributed by atoms with Crippen LogP contribution in [0.15, 0.2) is 24.3 Å². The van der Waals surface area contributed by atoms with Crippen molar-refractivity contribution in [1.82, 2.24) is 0 Å². The summed E-state index contributed by atoms with van der Waals surface area (Å²) < 4.78 is 22.8. The number of quaternary nitrogens is 1. The Morgan fingerprint density at radius 2 is 0.643 bits per heavy atom. The van der Waals surface area contributed by atoms with E-state index in [9.17, 15) is 19.5 Å². The molecule has 0 fully saturated rings. The van der Waals surface area contributed by atoms with E-state index >= 15 is 0 Å². The average Bonchev–Trinajstić information content (AvgIpc) is 3.55. The highest BCUT2D eigenvalue weighted by Crippen LogP contribution is 2.19. The van der Waals surface area contributed by atoms with Gasteiger partial charge in [-0.2, -0.15) is 0 Å². The number of ether oxygens (including phenoxy) is 4. The van der Waals surface area contributed by atoms with Crippen molar-refractivity contribution in [3.05, 3.63) is 24.3 Å². The number of nitrogens with zero attached hydrogens (tertiary/aromatic N) is 1. The van der Waals surface area contributed by atoms with Crippen molar-refractivity contribution in [2.45, 2.75) is 392 Å². The molecule has 2 unspecified atom stereocenters. The van der Waals surface area contributed by atoms with Crippen molar-refractivity contribution < 1.29 is 42.9 Å². The molecule has 0 spiro atoms. The molecule has 0 aliphatic heterocycles. The van der Waals surface area contributed by atoms with Crippen LogP contribution in [0.5, 0.6) is 0 Å². The first-order chi connectivity index (χ1) is 41.1. The van der Waals surface area contributed by atoms with Gasteiger partial charge in [0.2, 0.25) is 0 Å². The molecule has 9 heteroatoms. The predicted octanol–water partition coefficient (Wildman–Crippen LogP) is 21.6. The maximum atomic E-state index is 12.9. The van der Waals surface area contributed by atoms with Crippen LogP contribution in [0.25, 0.3) is 0 Å². The van der Waals surface area contributed by atoms with Gasteiger partial charge in [-0.05, 0) is 44.9 Å². The lowest BCUT2D eigenvalue weighted by atomic mass is 10.0. The van der Waals surface area contributed by atoms with Gasteiger partial charge >= 0.3 is 11.9 Å². The van der Waals surface area contributed by atoms with Crippen molar-refractivity contribution in [1.29, 1.82) is 0 Å². The van der Waals surface area contributed by atoms with E-state index in [4.69, 9.17) is 18.9 Å². The zero-order chi connectivity index (χ0) is 61.2. The van der Waals surface area contributed by atoms with Gasteiger partial charge in [0.15, 0.2) is 12.4 Å². The Kier molecular flexibility index (Phi) is 64.9. The number of hydrogen-bond donors (Lipinski definition) is 0. The zero-order valence-corrected chi connectivity index (χ0v) is 56.8. The van der Waals surface area contributed by atoms with Crippen LogP contribution in [0.1, 0.15) is 380 Å². The van der Waals surface area contributed by atoms with Crippen LogP contribution in [-0.4, -0.2) is 82.3 Å². The van der Waals surface area contributed by atoms with E-state index in [0.717, 1.165) is 51.4 Å². The molecular weight excluding hydrogens is 1040 g/mol. The summed E-state index contributed by atoms with van der Waals surface area (Å²) in [4.78, 5) is 37.5. The first kappa shape index (κ1) is 81.8. The molecule has 0 radical (unpaired) electrons. The third kappa shape index (κ3) is 67.3. The molecule has 0 amide bonds. The number of aliphatic carboxylic acids is 1. The van der Waals surface area contributed by atoms with Crippen molar-refractivity contribution in [2.75, 3.05) is 47.5 Å². The first-order valence-electron chi connectivity index (χ1n) is 37.0. The summed E-state index contributed by atoms with van der Waals surface area (Å²) in [6, 6.07) is 0. The largest absolute Gasteiger partial charge is 0.545 e. The number of carbonyl (C=O) groups excluding carboxylic acids is 3. The van der Waals surface area contributed by atoms with Crippen LogP contribution in [0.3, 0.4) is 0 Å². The molecule has 0 bridgehead atoms. The maximum absolute atomic E-state index is 12.9. The van der Waals surface area contributed by atoms with E-state index in [0.29, 0.717) is 23.9 Å². The highest BCUT2D eigenvalue weighted by Gasteiger charge is 2.22. The second-order valence-electron chi connectivity index (χ2n) is 26.6. The van der Waals surface area contributed by atoms with E-state index in [1.54, 1.807) is 0 Å². The second kappa shape index (κ2) is 66.7. The van der Waals surface area contributed by atoms with E-state index in [1.807, 2.05) is 21.1 Å². The predicted molar refractivity (Wildman–Crippen MR) is 357 cm³/mol. The Labute approximate surface area is 522 Å². The van der Waals surface area contributed by atoms with Crippen LogP contribution in [0, 0.1) is 0 Å². The van der Waals surface area contributed by atoms with E-state index in [1.165, 1.54) is 295 Å². The van der Waals surface area contributed by atoms with E-state index < -0.39 is 24.3 Å². The molecule has 0 aliphatic carbocycles. The molecule has 0 aromatic heterocycles. The Balaban J connectivity index is 3.94. The Bertz CT molecular complexity index is 1430. The highest BCUT2D eigenvalue weighted by atomic mass is 16.7. The van der Waals surface area contributed by atoms with Crippen LogP contribution < -0.4 is 5.11 Å². The fraction of sp³-hybridized carbons (Fsp3) is 0.907. The van der Waals surface area contributed by atoms with E-state index in [-0.39, 0.29) is 32.2 Å². The molecule has 9 nitrogen and oxygen atoms in total. The molecule has 0 saturated carbocycles. The molecule has 0 aliphatic rings. The lowest BCUT2D eigenvalue weighted by molar-refractivity contribution is -0.870. The summed E-state index contributed by atoms with van der Waals surface area (Å²) in [6.45, 7) is 4.80. The number of esters is 2. The lowest BCUT2D eigenvalue weighted by Crippen LogP contribution is -2.44.